The average molecular weight is 479 g/mol. The third-order valence-electron chi connectivity index (χ3n) is 5.41. The minimum absolute atomic E-state index is 0.121. The highest BCUT2D eigenvalue weighted by atomic mass is 32.2. The maximum atomic E-state index is 13.0. The number of nitrogens with one attached hydrogen (secondary N) is 2. The Morgan fingerprint density at radius 2 is 1.97 bits per heavy atom. The Labute approximate surface area is 204 Å². The smallest absolute Gasteiger partial charge is 0.266 e. The monoisotopic (exact) mass is 478 g/mol. The summed E-state index contributed by atoms with van der Waals surface area (Å²) in [5.74, 6) is 0.624. The molecule has 178 valence electrons. The fourth-order valence-corrected chi connectivity index (χ4v) is 4.07. The zero-order valence-electron chi connectivity index (χ0n) is 19.5. The lowest BCUT2D eigenvalue weighted by atomic mass is 9.94. The molecule has 0 unspecified atom stereocenters. The molecule has 1 aromatic heterocycles. The number of hydrogen-bond donors (Lipinski definition) is 2. The number of carbonyl (C=O) groups is 3. The van der Waals surface area contributed by atoms with Gasteiger partial charge in [-0.05, 0) is 47.6 Å². The number of imidazole rings is 1. The zero-order valence-corrected chi connectivity index (χ0v) is 20.3. The molecule has 0 spiro atoms. The van der Waals surface area contributed by atoms with Crippen molar-refractivity contribution in [3.63, 3.8) is 0 Å². The van der Waals surface area contributed by atoms with Gasteiger partial charge in [0.15, 0.2) is 0 Å². The number of hydrogen-bond acceptors (Lipinski definition) is 6. The fraction of sp³-hybridized carbons (Fsp3) is 0.308. The number of aromatic nitrogens is 2. The summed E-state index contributed by atoms with van der Waals surface area (Å²) in [5.41, 5.74) is 9.43. The van der Waals surface area contributed by atoms with Crippen LogP contribution in [0.4, 0.5) is 0 Å². The van der Waals surface area contributed by atoms with Crippen molar-refractivity contribution in [1.82, 2.24) is 20.4 Å². The fourth-order valence-electron chi connectivity index (χ4n) is 3.58. The van der Waals surface area contributed by atoms with Crippen LogP contribution in [0.3, 0.4) is 0 Å². The van der Waals surface area contributed by atoms with Gasteiger partial charge in [0.25, 0.3) is 5.91 Å². The van der Waals surface area contributed by atoms with Gasteiger partial charge in [0.2, 0.25) is 0 Å². The van der Waals surface area contributed by atoms with Crippen LogP contribution in [0.2, 0.25) is 0 Å². The van der Waals surface area contributed by atoms with E-state index in [0.29, 0.717) is 31.2 Å². The molecule has 0 aliphatic heterocycles. The summed E-state index contributed by atoms with van der Waals surface area (Å²) in [6, 6.07) is 14.8. The van der Waals surface area contributed by atoms with Gasteiger partial charge in [-0.1, -0.05) is 42.5 Å². The highest BCUT2D eigenvalue weighted by Gasteiger charge is 2.16. The zero-order chi connectivity index (χ0) is 24.3. The lowest BCUT2D eigenvalue weighted by Gasteiger charge is -2.16. The number of thioether (sulfide) groups is 1. The standard InChI is InChI=1S/C26H30N4O3S/c1-30-16-22(27-18-30)15-23(32)10-8-19-9-11-24(25(14-19)20-6-4-3-5-7-20)26(33)29-28-21(17-31)12-13-34-2/h3-7,9,11,14,16-18,21,28H,8,10,12-13,15H2,1-2H3,(H,29,33)/t21-/m1/s1. The Bertz CT molecular complexity index is 1110. The number of Topliss-reactive ketones (excluding diaryl/α,β-unsaturated/α-hetero) is 1. The lowest BCUT2D eigenvalue weighted by molar-refractivity contribution is -0.118. The second-order valence-corrected chi connectivity index (χ2v) is 9.10. The van der Waals surface area contributed by atoms with Crippen LogP contribution < -0.4 is 10.9 Å². The van der Waals surface area contributed by atoms with Gasteiger partial charge in [-0.25, -0.2) is 10.4 Å². The number of ketones is 1. The first kappa shape index (κ1) is 25.4. The van der Waals surface area contributed by atoms with Gasteiger partial charge in [-0.2, -0.15) is 11.8 Å². The molecule has 8 heteroatoms. The molecule has 1 atom stereocenters. The van der Waals surface area contributed by atoms with Crippen LogP contribution in [0.15, 0.2) is 61.1 Å². The minimum atomic E-state index is -0.444. The van der Waals surface area contributed by atoms with Gasteiger partial charge in [-0.15, -0.1) is 0 Å². The molecule has 0 radical (unpaired) electrons. The van der Waals surface area contributed by atoms with Crippen molar-refractivity contribution in [2.24, 2.45) is 7.05 Å². The summed E-state index contributed by atoms with van der Waals surface area (Å²) in [4.78, 5) is 40.9. The highest BCUT2D eigenvalue weighted by Crippen LogP contribution is 2.26. The third kappa shape index (κ3) is 7.40. The van der Waals surface area contributed by atoms with E-state index in [9.17, 15) is 14.4 Å². The molecule has 1 heterocycles. The van der Waals surface area contributed by atoms with Crippen molar-refractivity contribution in [2.75, 3.05) is 12.0 Å². The Morgan fingerprint density at radius 1 is 1.18 bits per heavy atom. The van der Waals surface area contributed by atoms with Crippen LogP contribution in [0, 0.1) is 0 Å². The van der Waals surface area contributed by atoms with E-state index < -0.39 is 6.04 Å². The summed E-state index contributed by atoms with van der Waals surface area (Å²) in [6.07, 6.45) is 8.23. The SMILES string of the molecule is CSCC[C@H](C=O)NNC(=O)c1ccc(CCC(=O)Cc2cn(C)cn2)cc1-c1ccccc1. The molecule has 2 aromatic carbocycles. The molecule has 3 rings (SSSR count). The van der Waals surface area contributed by atoms with Crippen LogP contribution in [0.1, 0.15) is 34.5 Å². The van der Waals surface area contributed by atoms with Gasteiger partial charge in [0, 0.05) is 25.2 Å². The molecule has 34 heavy (non-hydrogen) atoms. The van der Waals surface area contributed by atoms with Gasteiger partial charge in [0.05, 0.1) is 24.5 Å². The first-order valence-corrected chi connectivity index (χ1v) is 12.6. The normalized spacial score (nSPS) is 11.7. The molecule has 2 N–H and O–H groups in total. The molecule has 0 bridgehead atoms. The second-order valence-electron chi connectivity index (χ2n) is 8.11. The van der Waals surface area contributed by atoms with Gasteiger partial charge in [-0.3, -0.25) is 15.0 Å². The molecule has 7 nitrogen and oxygen atoms in total. The van der Waals surface area contributed by atoms with Crippen LogP contribution in [-0.4, -0.2) is 45.6 Å². The van der Waals surface area contributed by atoms with E-state index in [1.807, 2.05) is 66.5 Å². The molecular weight excluding hydrogens is 448 g/mol. The first-order valence-electron chi connectivity index (χ1n) is 11.2. The van der Waals surface area contributed by atoms with Crippen molar-refractivity contribution in [2.45, 2.75) is 31.7 Å². The Kier molecular flexibility index (Phi) is 9.61. The Morgan fingerprint density at radius 3 is 2.65 bits per heavy atom. The van der Waals surface area contributed by atoms with E-state index in [2.05, 4.69) is 15.8 Å². The number of hydrazine groups is 1. The lowest BCUT2D eigenvalue weighted by Crippen LogP contribution is -2.45. The van der Waals surface area contributed by atoms with Crippen LogP contribution in [0.5, 0.6) is 0 Å². The maximum Gasteiger partial charge on any atom is 0.266 e. The van der Waals surface area contributed by atoms with E-state index in [4.69, 9.17) is 0 Å². The molecular formula is C26H30N4O3S. The molecule has 1 amide bonds. The van der Waals surface area contributed by atoms with Gasteiger partial charge in [0.1, 0.15) is 12.1 Å². The predicted molar refractivity (Wildman–Crippen MR) is 136 cm³/mol. The molecule has 0 saturated carbocycles. The van der Waals surface area contributed by atoms with Gasteiger partial charge >= 0.3 is 0 Å². The van der Waals surface area contributed by atoms with Crippen molar-refractivity contribution in [3.05, 3.63) is 77.9 Å². The van der Waals surface area contributed by atoms with Crippen molar-refractivity contribution >= 4 is 29.7 Å². The molecule has 0 saturated heterocycles. The number of aldehydes is 1. The van der Waals surface area contributed by atoms with E-state index >= 15 is 0 Å². The first-order chi connectivity index (χ1) is 16.5. The molecule has 0 aliphatic rings. The number of rotatable bonds is 13. The van der Waals surface area contributed by atoms with E-state index in [0.717, 1.165) is 34.4 Å². The predicted octanol–water partition coefficient (Wildman–Crippen LogP) is 3.39. The number of carbonyl (C=O) groups excluding carboxylic acids is 3. The maximum absolute atomic E-state index is 13.0. The number of benzene rings is 2. The summed E-state index contributed by atoms with van der Waals surface area (Å²) in [5, 5.41) is 0. The number of nitrogens with zero attached hydrogens (tertiary/aromatic N) is 2. The van der Waals surface area contributed by atoms with E-state index in [1.54, 1.807) is 24.2 Å². The van der Waals surface area contributed by atoms with Crippen molar-refractivity contribution in [3.8, 4) is 11.1 Å². The summed E-state index contributed by atoms with van der Waals surface area (Å²) >= 11 is 1.65. The summed E-state index contributed by atoms with van der Waals surface area (Å²) in [7, 11) is 1.88. The highest BCUT2D eigenvalue weighted by molar-refractivity contribution is 7.98. The number of aryl methyl sites for hydroxylation is 2. The van der Waals surface area contributed by atoms with Crippen molar-refractivity contribution < 1.29 is 14.4 Å². The molecule has 0 fully saturated rings. The summed E-state index contributed by atoms with van der Waals surface area (Å²) in [6.45, 7) is 0. The Hall–Kier alpha value is -3.23. The van der Waals surface area contributed by atoms with Crippen LogP contribution in [-0.2, 0) is 29.5 Å². The second kappa shape index (κ2) is 12.9. The Balaban J connectivity index is 1.72. The quantitative estimate of drug-likeness (QED) is 0.289. The van der Waals surface area contributed by atoms with Gasteiger partial charge < -0.3 is 9.36 Å². The molecule has 0 aliphatic carbocycles. The van der Waals surface area contributed by atoms with Crippen LogP contribution >= 0.6 is 11.8 Å². The van der Waals surface area contributed by atoms with E-state index in [-0.39, 0.29) is 11.7 Å². The summed E-state index contributed by atoms with van der Waals surface area (Å²) < 4.78 is 1.83. The molecule has 3 aromatic rings. The number of amides is 1. The third-order valence-corrected chi connectivity index (χ3v) is 6.05. The topological polar surface area (TPSA) is 93.1 Å². The average Bonchev–Trinajstić information content (AvgIpc) is 3.27. The van der Waals surface area contributed by atoms with Crippen molar-refractivity contribution in [1.29, 1.82) is 0 Å². The largest absolute Gasteiger partial charge is 0.340 e. The van der Waals surface area contributed by atoms with E-state index in [1.165, 1.54) is 0 Å². The minimum Gasteiger partial charge on any atom is -0.340 e. The van der Waals surface area contributed by atoms with Crippen LogP contribution in [0.25, 0.3) is 11.1 Å².